The summed E-state index contributed by atoms with van der Waals surface area (Å²) in [6.45, 7) is -0.169. The van der Waals surface area contributed by atoms with Crippen molar-refractivity contribution in [3.63, 3.8) is 0 Å². The maximum atomic E-state index is 13.5. The Morgan fingerprint density at radius 1 is 1.37 bits per heavy atom. The molecule has 0 amide bonds. The van der Waals surface area contributed by atoms with E-state index in [1.807, 2.05) is 0 Å². The minimum Gasteiger partial charge on any atom is -0.489 e. The minimum absolute atomic E-state index is 0.0941. The smallest absolute Gasteiger partial charge is 0.418 e. The van der Waals surface area contributed by atoms with Gasteiger partial charge in [0.1, 0.15) is 16.8 Å². The van der Waals surface area contributed by atoms with Crippen LogP contribution in [0.15, 0.2) is 22.7 Å². The number of hydrogen-bond acceptors (Lipinski definition) is 2. The van der Waals surface area contributed by atoms with E-state index in [4.69, 9.17) is 27.9 Å². The average Bonchev–Trinajstić information content (AvgIpc) is 2.26. The lowest BCUT2D eigenvalue weighted by Crippen LogP contribution is -2.11. The molecule has 0 aromatic heterocycles. The second-order valence-corrected chi connectivity index (χ2v) is 4.39. The molecule has 0 bridgehead atoms. The molecule has 19 heavy (non-hydrogen) atoms. The van der Waals surface area contributed by atoms with Crippen LogP contribution < -0.4 is 10.1 Å². The first-order valence-corrected chi connectivity index (χ1v) is 5.73. The number of ether oxygens (including phenoxy) is 1. The van der Waals surface area contributed by atoms with E-state index in [2.05, 4.69) is 5.32 Å². The van der Waals surface area contributed by atoms with Crippen LogP contribution in [-0.4, -0.2) is 13.7 Å². The van der Waals surface area contributed by atoms with Crippen molar-refractivity contribution in [2.75, 3.05) is 19.0 Å². The lowest BCUT2D eigenvalue weighted by atomic mass is 10.1. The zero-order valence-electron chi connectivity index (χ0n) is 9.62. The molecule has 0 fully saturated rings. The molecule has 0 heterocycles. The van der Waals surface area contributed by atoms with Gasteiger partial charge in [0.05, 0.1) is 11.3 Å². The molecule has 0 radical (unpaired) electrons. The molecule has 0 atom stereocenters. The van der Waals surface area contributed by atoms with Crippen molar-refractivity contribution in [3.05, 3.63) is 34.1 Å². The molecular formula is C11H9Cl2F4NO. The van der Waals surface area contributed by atoms with Gasteiger partial charge in [-0.25, -0.2) is 4.39 Å². The lowest BCUT2D eigenvalue weighted by Gasteiger charge is -2.15. The van der Waals surface area contributed by atoms with Crippen LogP contribution >= 0.6 is 23.2 Å². The molecule has 1 aromatic rings. The topological polar surface area (TPSA) is 21.3 Å². The Hall–Kier alpha value is -1.14. The highest BCUT2D eigenvalue weighted by Crippen LogP contribution is 2.38. The molecule has 0 aliphatic heterocycles. The van der Waals surface area contributed by atoms with E-state index in [1.54, 1.807) is 0 Å². The third-order valence-electron chi connectivity index (χ3n) is 2.11. The highest BCUT2D eigenvalue weighted by Gasteiger charge is 2.35. The maximum Gasteiger partial charge on any atom is 0.418 e. The number of alkyl halides is 3. The predicted octanol–water partition coefficient (Wildman–Crippen LogP) is 4.58. The Morgan fingerprint density at radius 3 is 2.47 bits per heavy atom. The third-order valence-corrected chi connectivity index (χ3v) is 2.42. The van der Waals surface area contributed by atoms with E-state index in [-0.39, 0.29) is 16.8 Å². The summed E-state index contributed by atoms with van der Waals surface area (Å²) in [5, 5.41) is 2.17. The first-order chi connectivity index (χ1) is 8.75. The SMILES string of the molecule is CNc1c(F)cc(OCC=C(Cl)Cl)cc1C(F)(F)F. The van der Waals surface area contributed by atoms with Gasteiger partial charge in [-0.15, -0.1) is 0 Å². The molecule has 2 nitrogen and oxygen atoms in total. The highest BCUT2D eigenvalue weighted by atomic mass is 35.5. The van der Waals surface area contributed by atoms with Gasteiger partial charge in [-0.05, 0) is 12.1 Å². The van der Waals surface area contributed by atoms with E-state index in [0.29, 0.717) is 6.07 Å². The Bertz CT molecular complexity index is 484. The molecule has 1 rings (SSSR count). The zero-order chi connectivity index (χ0) is 14.6. The molecule has 0 aliphatic carbocycles. The van der Waals surface area contributed by atoms with Crippen molar-refractivity contribution in [2.45, 2.75) is 6.18 Å². The average molecular weight is 318 g/mol. The van der Waals surface area contributed by atoms with Gasteiger partial charge in [-0.3, -0.25) is 0 Å². The fourth-order valence-electron chi connectivity index (χ4n) is 1.34. The third kappa shape index (κ3) is 4.47. The van der Waals surface area contributed by atoms with Gasteiger partial charge in [-0.2, -0.15) is 13.2 Å². The quantitative estimate of drug-likeness (QED) is 0.820. The van der Waals surface area contributed by atoms with Crippen LogP contribution in [0.3, 0.4) is 0 Å². The molecular weight excluding hydrogens is 309 g/mol. The fraction of sp³-hybridized carbons (Fsp3) is 0.273. The largest absolute Gasteiger partial charge is 0.489 e. The summed E-state index contributed by atoms with van der Waals surface area (Å²) in [6.07, 6.45) is -3.47. The van der Waals surface area contributed by atoms with Crippen LogP contribution in [0.1, 0.15) is 5.56 Å². The van der Waals surface area contributed by atoms with E-state index >= 15 is 0 Å². The summed E-state index contributed by atoms with van der Waals surface area (Å²) >= 11 is 10.6. The van der Waals surface area contributed by atoms with E-state index in [1.165, 1.54) is 13.1 Å². The number of nitrogens with one attached hydrogen (secondary N) is 1. The van der Waals surface area contributed by atoms with Crippen molar-refractivity contribution >= 4 is 28.9 Å². The van der Waals surface area contributed by atoms with Gasteiger partial charge in [0.25, 0.3) is 0 Å². The number of rotatable bonds is 4. The number of halogens is 6. The normalized spacial score (nSPS) is 11.1. The van der Waals surface area contributed by atoms with Crippen molar-refractivity contribution in [1.82, 2.24) is 0 Å². The van der Waals surface area contributed by atoms with Crippen LogP contribution in [0, 0.1) is 5.82 Å². The summed E-state index contributed by atoms with van der Waals surface area (Å²) < 4.78 is 56.5. The van der Waals surface area contributed by atoms with Crippen molar-refractivity contribution in [2.24, 2.45) is 0 Å². The highest BCUT2D eigenvalue weighted by molar-refractivity contribution is 6.55. The second-order valence-electron chi connectivity index (χ2n) is 3.38. The first-order valence-electron chi connectivity index (χ1n) is 4.98. The van der Waals surface area contributed by atoms with E-state index < -0.39 is 23.2 Å². The number of anilines is 1. The minimum atomic E-state index is -4.70. The van der Waals surface area contributed by atoms with Crippen LogP contribution in [-0.2, 0) is 6.18 Å². The summed E-state index contributed by atoms with van der Waals surface area (Å²) in [7, 11) is 1.20. The summed E-state index contributed by atoms with van der Waals surface area (Å²) in [6, 6.07) is 1.54. The van der Waals surface area contributed by atoms with Crippen LogP contribution in [0.5, 0.6) is 5.75 Å². The standard InChI is InChI=1S/C11H9Cl2F4NO/c1-18-10-7(11(15,16)17)4-6(5-8(10)14)19-3-2-9(12)13/h2,4-5,18H,3H2,1H3. The first kappa shape index (κ1) is 15.9. The van der Waals surface area contributed by atoms with Gasteiger partial charge < -0.3 is 10.1 Å². The van der Waals surface area contributed by atoms with Gasteiger partial charge >= 0.3 is 6.18 Å². The van der Waals surface area contributed by atoms with Crippen LogP contribution in [0.2, 0.25) is 0 Å². The van der Waals surface area contributed by atoms with Crippen molar-refractivity contribution in [1.29, 1.82) is 0 Å². The fourth-order valence-corrected chi connectivity index (χ4v) is 1.47. The molecule has 0 unspecified atom stereocenters. The molecule has 0 saturated heterocycles. The number of hydrogen-bond donors (Lipinski definition) is 1. The molecule has 1 aromatic carbocycles. The zero-order valence-corrected chi connectivity index (χ0v) is 11.1. The molecule has 106 valence electrons. The second kappa shape index (κ2) is 6.34. The molecule has 0 spiro atoms. The lowest BCUT2D eigenvalue weighted by molar-refractivity contribution is -0.137. The van der Waals surface area contributed by atoms with Gasteiger partial charge in [-0.1, -0.05) is 23.2 Å². The van der Waals surface area contributed by atoms with Crippen LogP contribution in [0.4, 0.5) is 23.2 Å². The predicted molar refractivity (Wildman–Crippen MR) is 66.2 cm³/mol. The molecule has 8 heteroatoms. The van der Waals surface area contributed by atoms with Gasteiger partial charge in [0.15, 0.2) is 5.82 Å². The summed E-state index contributed by atoms with van der Waals surface area (Å²) in [4.78, 5) is 0. The Labute approximate surface area is 116 Å². The Morgan fingerprint density at radius 2 is 2.00 bits per heavy atom. The van der Waals surface area contributed by atoms with Gasteiger partial charge in [0, 0.05) is 13.1 Å². The van der Waals surface area contributed by atoms with Crippen molar-refractivity contribution in [3.8, 4) is 5.75 Å². The molecule has 0 aliphatic rings. The molecule has 0 saturated carbocycles. The van der Waals surface area contributed by atoms with Crippen molar-refractivity contribution < 1.29 is 22.3 Å². The van der Waals surface area contributed by atoms with Crippen LogP contribution in [0.25, 0.3) is 0 Å². The summed E-state index contributed by atoms with van der Waals surface area (Å²) in [5.74, 6) is -1.33. The number of benzene rings is 1. The van der Waals surface area contributed by atoms with E-state index in [9.17, 15) is 17.6 Å². The molecule has 1 N–H and O–H groups in total. The maximum absolute atomic E-state index is 13.5. The Balaban J connectivity index is 3.10. The summed E-state index contributed by atoms with van der Waals surface area (Å²) in [5.41, 5.74) is -1.78. The Kier molecular flexibility index (Phi) is 5.31. The van der Waals surface area contributed by atoms with E-state index in [0.717, 1.165) is 6.07 Å². The monoisotopic (exact) mass is 317 g/mol. The van der Waals surface area contributed by atoms with Gasteiger partial charge in [0.2, 0.25) is 0 Å².